The van der Waals surface area contributed by atoms with Gasteiger partial charge in [-0.25, -0.2) is 0 Å². The van der Waals surface area contributed by atoms with Gasteiger partial charge in [-0.1, -0.05) is 35.4 Å². The molecule has 0 radical (unpaired) electrons. The van der Waals surface area contributed by atoms with Crippen molar-refractivity contribution < 1.29 is 9.34 Å². The Balaban J connectivity index is 1.69. The van der Waals surface area contributed by atoms with Gasteiger partial charge in [-0.15, -0.1) is 5.10 Å². The number of hydrogen-bond acceptors (Lipinski definition) is 6. The van der Waals surface area contributed by atoms with Gasteiger partial charge >= 0.3 is 6.01 Å². The lowest BCUT2D eigenvalue weighted by Gasteiger charge is -2.00. The molecule has 1 heterocycles. The van der Waals surface area contributed by atoms with Crippen LogP contribution in [0, 0.1) is 10.1 Å². The summed E-state index contributed by atoms with van der Waals surface area (Å²) in [5, 5.41) is 21.5. The third-order valence-corrected chi connectivity index (χ3v) is 3.04. The van der Waals surface area contributed by atoms with Gasteiger partial charge in [0.15, 0.2) is 0 Å². The summed E-state index contributed by atoms with van der Waals surface area (Å²) < 4.78 is 5.49. The van der Waals surface area contributed by atoms with Crippen LogP contribution in [0.25, 0.3) is 11.5 Å². The molecule has 0 bridgehead atoms. The fourth-order valence-corrected chi connectivity index (χ4v) is 1.91. The molecule has 110 valence electrons. The molecular weight excluding hydrogens is 284 g/mol. The van der Waals surface area contributed by atoms with Gasteiger partial charge < -0.3 is 9.73 Å². The second-order valence-electron chi connectivity index (χ2n) is 4.56. The van der Waals surface area contributed by atoms with Gasteiger partial charge in [0, 0.05) is 24.2 Å². The van der Waals surface area contributed by atoms with Crippen LogP contribution in [-0.2, 0) is 6.54 Å². The van der Waals surface area contributed by atoms with Crippen molar-refractivity contribution in [3.8, 4) is 11.5 Å². The number of aromatic nitrogens is 2. The van der Waals surface area contributed by atoms with Crippen LogP contribution < -0.4 is 5.32 Å². The summed E-state index contributed by atoms with van der Waals surface area (Å²) in [7, 11) is 0. The largest absolute Gasteiger partial charge is 0.403 e. The maximum absolute atomic E-state index is 10.6. The zero-order valence-electron chi connectivity index (χ0n) is 11.5. The Morgan fingerprint density at radius 1 is 1.05 bits per heavy atom. The van der Waals surface area contributed by atoms with Crippen molar-refractivity contribution in [3.05, 3.63) is 70.3 Å². The summed E-state index contributed by atoms with van der Waals surface area (Å²) in [6.07, 6.45) is 0. The minimum atomic E-state index is -0.454. The van der Waals surface area contributed by atoms with E-state index in [9.17, 15) is 10.1 Å². The molecule has 0 spiro atoms. The van der Waals surface area contributed by atoms with Crippen LogP contribution in [0.5, 0.6) is 0 Å². The molecule has 0 amide bonds. The van der Waals surface area contributed by atoms with E-state index < -0.39 is 4.92 Å². The summed E-state index contributed by atoms with van der Waals surface area (Å²) in [6.45, 7) is 0.572. The molecule has 0 aliphatic rings. The van der Waals surface area contributed by atoms with Crippen molar-refractivity contribution in [2.75, 3.05) is 5.32 Å². The highest BCUT2D eigenvalue weighted by Gasteiger charge is 2.10. The van der Waals surface area contributed by atoms with Crippen molar-refractivity contribution in [2.24, 2.45) is 0 Å². The molecule has 0 aliphatic carbocycles. The van der Waals surface area contributed by atoms with Crippen LogP contribution >= 0.6 is 0 Å². The number of rotatable bonds is 5. The molecule has 0 fully saturated rings. The highest BCUT2D eigenvalue weighted by Crippen LogP contribution is 2.22. The van der Waals surface area contributed by atoms with E-state index in [-0.39, 0.29) is 5.69 Å². The Kier molecular flexibility index (Phi) is 3.78. The first kappa shape index (κ1) is 13.7. The maximum Gasteiger partial charge on any atom is 0.316 e. The molecule has 0 aliphatic heterocycles. The van der Waals surface area contributed by atoms with Crippen molar-refractivity contribution in [1.29, 1.82) is 0 Å². The fourth-order valence-electron chi connectivity index (χ4n) is 1.91. The van der Waals surface area contributed by atoms with Gasteiger partial charge in [-0.3, -0.25) is 10.1 Å². The number of hydrogen-bond donors (Lipinski definition) is 1. The molecule has 3 aromatic rings. The third-order valence-electron chi connectivity index (χ3n) is 3.04. The number of nitro benzene ring substituents is 1. The highest BCUT2D eigenvalue weighted by atomic mass is 16.6. The standard InChI is InChI=1S/C15H12N4O3/c20-19(21)13-8-6-12(7-9-13)14-17-18-15(22-14)16-10-11-4-2-1-3-5-11/h1-9H,10H2,(H,16,18). The molecule has 1 N–H and O–H groups in total. The summed E-state index contributed by atoms with van der Waals surface area (Å²) >= 11 is 0. The van der Waals surface area contributed by atoms with E-state index in [2.05, 4.69) is 15.5 Å². The smallest absolute Gasteiger partial charge is 0.316 e. The number of nitrogens with one attached hydrogen (secondary N) is 1. The lowest BCUT2D eigenvalue weighted by atomic mass is 10.2. The van der Waals surface area contributed by atoms with Crippen LogP contribution in [0.4, 0.5) is 11.7 Å². The van der Waals surface area contributed by atoms with Gasteiger partial charge in [-0.05, 0) is 17.7 Å². The Morgan fingerprint density at radius 3 is 2.45 bits per heavy atom. The number of anilines is 1. The molecule has 2 aromatic carbocycles. The molecule has 3 rings (SSSR count). The monoisotopic (exact) mass is 296 g/mol. The number of nitro groups is 1. The highest BCUT2D eigenvalue weighted by molar-refractivity contribution is 5.56. The van der Waals surface area contributed by atoms with E-state index in [0.29, 0.717) is 24.0 Å². The summed E-state index contributed by atoms with van der Waals surface area (Å²) in [4.78, 5) is 10.2. The molecule has 7 nitrogen and oxygen atoms in total. The van der Waals surface area contributed by atoms with Crippen LogP contribution in [0.15, 0.2) is 59.0 Å². The minimum absolute atomic E-state index is 0.0192. The summed E-state index contributed by atoms with van der Waals surface area (Å²) in [6, 6.07) is 16.1. The van der Waals surface area contributed by atoms with E-state index in [1.807, 2.05) is 30.3 Å². The van der Waals surface area contributed by atoms with Crippen LogP contribution in [0.3, 0.4) is 0 Å². The Labute approximate surface area is 125 Å². The SMILES string of the molecule is O=[N+]([O-])c1ccc(-c2nnc(NCc3ccccc3)o2)cc1. The fraction of sp³-hybridized carbons (Fsp3) is 0.0667. The van der Waals surface area contributed by atoms with Crippen molar-refractivity contribution in [2.45, 2.75) is 6.54 Å². The van der Waals surface area contributed by atoms with Crippen LogP contribution in [-0.4, -0.2) is 15.1 Å². The van der Waals surface area contributed by atoms with Crippen molar-refractivity contribution in [1.82, 2.24) is 10.2 Å². The topological polar surface area (TPSA) is 94.1 Å². The van der Waals surface area contributed by atoms with E-state index in [1.54, 1.807) is 12.1 Å². The Bertz CT molecular complexity index is 769. The quantitative estimate of drug-likeness (QED) is 0.573. The zero-order chi connectivity index (χ0) is 15.4. The second-order valence-corrected chi connectivity index (χ2v) is 4.56. The molecule has 22 heavy (non-hydrogen) atoms. The Hall–Kier alpha value is -3.22. The van der Waals surface area contributed by atoms with Gasteiger partial charge in [0.2, 0.25) is 5.89 Å². The van der Waals surface area contributed by atoms with Gasteiger partial charge in [-0.2, -0.15) is 0 Å². The zero-order valence-corrected chi connectivity index (χ0v) is 11.5. The average Bonchev–Trinajstić information content (AvgIpc) is 3.03. The first-order valence-corrected chi connectivity index (χ1v) is 6.58. The molecule has 0 atom stereocenters. The lowest BCUT2D eigenvalue weighted by Crippen LogP contribution is -1.98. The second kappa shape index (κ2) is 6.04. The van der Waals surface area contributed by atoms with E-state index in [1.165, 1.54) is 12.1 Å². The minimum Gasteiger partial charge on any atom is -0.403 e. The maximum atomic E-state index is 10.6. The number of non-ortho nitro benzene ring substituents is 1. The summed E-state index contributed by atoms with van der Waals surface area (Å²) in [5.41, 5.74) is 1.74. The lowest BCUT2D eigenvalue weighted by molar-refractivity contribution is -0.384. The van der Waals surface area contributed by atoms with Crippen molar-refractivity contribution in [3.63, 3.8) is 0 Å². The predicted octanol–water partition coefficient (Wildman–Crippen LogP) is 3.26. The van der Waals surface area contributed by atoms with Crippen molar-refractivity contribution >= 4 is 11.7 Å². The average molecular weight is 296 g/mol. The van der Waals surface area contributed by atoms with Crippen LogP contribution in [0.2, 0.25) is 0 Å². The van der Waals surface area contributed by atoms with E-state index in [0.717, 1.165) is 5.56 Å². The van der Waals surface area contributed by atoms with E-state index >= 15 is 0 Å². The number of benzene rings is 2. The van der Waals surface area contributed by atoms with E-state index in [4.69, 9.17) is 4.42 Å². The molecule has 1 aromatic heterocycles. The molecule has 7 heteroatoms. The normalized spacial score (nSPS) is 10.4. The first-order valence-electron chi connectivity index (χ1n) is 6.58. The first-order chi connectivity index (χ1) is 10.7. The van der Waals surface area contributed by atoms with Gasteiger partial charge in [0.1, 0.15) is 0 Å². The molecule has 0 unspecified atom stereocenters. The van der Waals surface area contributed by atoms with Crippen LogP contribution in [0.1, 0.15) is 5.56 Å². The van der Waals surface area contributed by atoms with Gasteiger partial charge in [0.25, 0.3) is 5.69 Å². The predicted molar refractivity (Wildman–Crippen MR) is 80.2 cm³/mol. The summed E-state index contributed by atoms with van der Waals surface area (Å²) in [5.74, 6) is 0.311. The molecule has 0 saturated carbocycles. The molecular formula is C15H12N4O3. The van der Waals surface area contributed by atoms with Gasteiger partial charge in [0.05, 0.1) is 4.92 Å². The number of nitrogens with zero attached hydrogens (tertiary/aromatic N) is 3. The Morgan fingerprint density at radius 2 is 1.77 bits per heavy atom. The molecule has 0 saturated heterocycles. The third kappa shape index (κ3) is 3.09.